The second kappa shape index (κ2) is 4.57. The van der Waals surface area contributed by atoms with Gasteiger partial charge in [-0.2, -0.15) is 0 Å². The number of aliphatic hydroxyl groups excluding tert-OH is 2. The van der Waals surface area contributed by atoms with E-state index in [0.717, 1.165) is 4.57 Å². The lowest BCUT2D eigenvalue weighted by Gasteiger charge is -2.27. The van der Waals surface area contributed by atoms with Crippen molar-refractivity contribution in [1.82, 2.24) is 9.55 Å². The number of hydrogen-bond acceptors (Lipinski definition) is 6. The molecule has 0 bridgehead atoms. The van der Waals surface area contributed by atoms with Gasteiger partial charge in [0.1, 0.15) is 17.8 Å². The highest BCUT2D eigenvalue weighted by Crippen LogP contribution is 2.37. The maximum absolute atomic E-state index is 11.7. The summed E-state index contributed by atoms with van der Waals surface area (Å²) in [5.74, 6) is 0. The minimum atomic E-state index is -1.76. The van der Waals surface area contributed by atoms with E-state index >= 15 is 0 Å². The fourth-order valence-corrected chi connectivity index (χ4v) is 2.15. The maximum Gasteiger partial charge on any atom is 0.330 e. The van der Waals surface area contributed by atoms with Crippen molar-refractivity contribution in [3.63, 3.8) is 0 Å². The molecule has 2 rings (SSSR count). The number of hydrogen-bond donors (Lipinski definition) is 4. The quantitative estimate of drug-likeness (QED) is 0.486. The normalized spacial score (nSPS) is 34.7. The summed E-state index contributed by atoms with van der Waals surface area (Å²) in [6.45, 7) is 2.30. The van der Waals surface area contributed by atoms with Crippen molar-refractivity contribution >= 4 is 0 Å². The van der Waals surface area contributed by atoms with Crippen molar-refractivity contribution in [2.75, 3.05) is 6.61 Å². The molecule has 1 aliphatic rings. The monoisotopic (exact) mass is 272 g/mol. The standard InChI is InChI=1S/C11H16N2O6/c1-5-3-13(10(17)12-8(5)16)9-11(2,18)7(15)6(4-14)19-9/h3,6-7,9,14-15,18H,4H2,1-2H3,(H,12,16,17)/t6-,7-,9-,11+/m1/s1. The summed E-state index contributed by atoms with van der Waals surface area (Å²) < 4.78 is 6.29. The van der Waals surface area contributed by atoms with Crippen molar-refractivity contribution < 1.29 is 20.1 Å². The van der Waals surface area contributed by atoms with Crippen molar-refractivity contribution in [1.29, 1.82) is 0 Å². The highest BCUT2D eigenvalue weighted by Gasteiger charge is 2.53. The molecule has 0 spiro atoms. The van der Waals surface area contributed by atoms with Crippen molar-refractivity contribution in [3.05, 3.63) is 32.6 Å². The predicted octanol–water partition coefficient (Wildman–Crippen LogP) is -2.15. The molecule has 0 aromatic carbocycles. The molecular weight excluding hydrogens is 256 g/mol. The number of nitrogens with zero attached hydrogens (tertiary/aromatic N) is 1. The van der Waals surface area contributed by atoms with Gasteiger partial charge in [0.05, 0.1) is 6.61 Å². The minimum absolute atomic E-state index is 0.265. The van der Waals surface area contributed by atoms with E-state index in [9.17, 15) is 19.8 Å². The molecular formula is C11H16N2O6. The number of rotatable bonds is 2. The van der Waals surface area contributed by atoms with E-state index in [1.54, 1.807) is 0 Å². The van der Waals surface area contributed by atoms with Crippen LogP contribution in [-0.2, 0) is 4.74 Å². The molecule has 1 saturated heterocycles. The average molecular weight is 272 g/mol. The molecule has 1 aromatic rings. The molecule has 19 heavy (non-hydrogen) atoms. The van der Waals surface area contributed by atoms with Crippen LogP contribution in [0.3, 0.4) is 0 Å². The number of ether oxygens (including phenoxy) is 1. The smallest absolute Gasteiger partial charge is 0.330 e. The van der Waals surface area contributed by atoms with Gasteiger partial charge in [-0.15, -0.1) is 0 Å². The van der Waals surface area contributed by atoms with E-state index in [1.165, 1.54) is 20.0 Å². The van der Waals surface area contributed by atoms with E-state index in [-0.39, 0.29) is 5.56 Å². The number of aliphatic hydroxyl groups is 3. The van der Waals surface area contributed by atoms with Gasteiger partial charge in [-0.1, -0.05) is 0 Å². The van der Waals surface area contributed by atoms with Gasteiger partial charge in [-0.25, -0.2) is 4.79 Å². The zero-order valence-electron chi connectivity index (χ0n) is 10.5. The van der Waals surface area contributed by atoms with Gasteiger partial charge in [0.15, 0.2) is 6.23 Å². The lowest BCUT2D eigenvalue weighted by atomic mass is 9.96. The molecule has 106 valence electrons. The SMILES string of the molecule is Cc1cn([C@@H]2O[C@H](CO)[C@@H](O)[C@]2(C)O)c(=O)[nH]c1=O. The molecule has 1 aliphatic heterocycles. The second-order valence-corrected chi connectivity index (χ2v) is 4.86. The Morgan fingerprint density at radius 2 is 2.16 bits per heavy atom. The third-order valence-electron chi connectivity index (χ3n) is 3.33. The Hall–Kier alpha value is -1.48. The van der Waals surface area contributed by atoms with Crippen LogP contribution < -0.4 is 11.2 Å². The molecule has 0 radical (unpaired) electrons. The summed E-state index contributed by atoms with van der Waals surface area (Å²) in [4.78, 5) is 25.1. The lowest BCUT2D eigenvalue weighted by Crippen LogP contribution is -2.47. The number of nitrogens with one attached hydrogen (secondary N) is 1. The van der Waals surface area contributed by atoms with Gasteiger partial charge in [0.2, 0.25) is 0 Å². The highest BCUT2D eigenvalue weighted by atomic mass is 16.6. The molecule has 0 unspecified atom stereocenters. The molecule has 1 aromatic heterocycles. The van der Waals surface area contributed by atoms with Crippen LogP contribution in [0.25, 0.3) is 0 Å². The first kappa shape index (κ1) is 13.9. The number of aryl methyl sites for hydroxylation is 1. The van der Waals surface area contributed by atoms with Crippen LogP contribution in [-0.4, -0.2) is 49.3 Å². The Morgan fingerprint density at radius 1 is 1.53 bits per heavy atom. The summed E-state index contributed by atoms with van der Waals surface area (Å²) >= 11 is 0. The Morgan fingerprint density at radius 3 is 2.68 bits per heavy atom. The van der Waals surface area contributed by atoms with E-state index in [4.69, 9.17) is 9.84 Å². The summed E-state index contributed by atoms with van der Waals surface area (Å²) in [7, 11) is 0. The van der Waals surface area contributed by atoms with Gasteiger partial charge >= 0.3 is 5.69 Å². The van der Waals surface area contributed by atoms with E-state index in [2.05, 4.69) is 4.98 Å². The molecule has 4 atom stereocenters. The first-order valence-electron chi connectivity index (χ1n) is 5.78. The third kappa shape index (κ3) is 2.12. The number of aromatic amines is 1. The van der Waals surface area contributed by atoms with Gasteiger partial charge in [-0.05, 0) is 13.8 Å². The third-order valence-corrected chi connectivity index (χ3v) is 3.33. The average Bonchev–Trinajstić information content (AvgIpc) is 2.56. The van der Waals surface area contributed by atoms with E-state index in [1.807, 2.05) is 0 Å². The fraction of sp³-hybridized carbons (Fsp3) is 0.636. The first-order valence-corrected chi connectivity index (χ1v) is 5.78. The number of H-pyrrole nitrogens is 1. The van der Waals surface area contributed by atoms with Crippen LogP contribution >= 0.6 is 0 Å². The Kier molecular flexibility index (Phi) is 3.35. The van der Waals surface area contributed by atoms with Crippen molar-refractivity contribution in [3.8, 4) is 0 Å². The first-order chi connectivity index (χ1) is 8.78. The molecule has 8 heteroatoms. The van der Waals surface area contributed by atoms with Crippen molar-refractivity contribution in [2.24, 2.45) is 0 Å². The Labute approximate surface area is 107 Å². The van der Waals surface area contributed by atoms with Crippen LogP contribution in [0.1, 0.15) is 18.7 Å². The molecule has 0 amide bonds. The topological polar surface area (TPSA) is 125 Å². The summed E-state index contributed by atoms with van der Waals surface area (Å²) in [5, 5.41) is 29.1. The molecule has 8 nitrogen and oxygen atoms in total. The summed E-state index contributed by atoms with van der Waals surface area (Å²) in [6, 6.07) is 0. The zero-order chi connectivity index (χ0) is 14.4. The van der Waals surface area contributed by atoms with E-state index in [0.29, 0.717) is 0 Å². The largest absolute Gasteiger partial charge is 0.394 e. The van der Waals surface area contributed by atoms with Gasteiger partial charge in [-0.3, -0.25) is 14.3 Å². The van der Waals surface area contributed by atoms with Gasteiger partial charge < -0.3 is 20.1 Å². The molecule has 0 saturated carbocycles. The maximum atomic E-state index is 11.7. The Balaban J connectivity index is 2.51. The molecule has 2 heterocycles. The molecule has 1 fully saturated rings. The molecule has 0 aliphatic carbocycles. The van der Waals surface area contributed by atoms with Gasteiger partial charge in [0.25, 0.3) is 5.56 Å². The number of aromatic nitrogens is 2. The summed E-state index contributed by atoms with van der Waals surface area (Å²) in [5.41, 5.74) is -2.78. The van der Waals surface area contributed by atoms with Crippen molar-refractivity contribution in [2.45, 2.75) is 37.9 Å². The van der Waals surface area contributed by atoms with Crippen LogP contribution in [0.5, 0.6) is 0 Å². The van der Waals surface area contributed by atoms with Crippen LogP contribution in [0.4, 0.5) is 0 Å². The zero-order valence-corrected chi connectivity index (χ0v) is 10.5. The van der Waals surface area contributed by atoms with Gasteiger partial charge in [0, 0.05) is 11.8 Å². The van der Waals surface area contributed by atoms with Crippen LogP contribution in [0.2, 0.25) is 0 Å². The molecule has 4 N–H and O–H groups in total. The predicted molar refractivity (Wildman–Crippen MR) is 63.7 cm³/mol. The Bertz CT molecular complexity index is 590. The fourth-order valence-electron chi connectivity index (χ4n) is 2.15. The lowest BCUT2D eigenvalue weighted by molar-refractivity contribution is -0.0988. The second-order valence-electron chi connectivity index (χ2n) is 4.86. The summed E-state index contributed by atoms with van der Waals surface area (Å²) in [6.07, 6.45) is -2.30. The minimum Gasteiger partial charge on any atom is -0.394 e. The van der Waals surface area contributed by atoms with Crippen LogP contribution in [0.15, 0.2) is 15.8 Å². The highest BCUT2D eigenvalue weighted by molar-refractivity contribution is 5.05. The van der Waals surface area contributed by atoms with Crippen LogP contribution in [0, 0.1) is 6.92 Å². The van der Waals surface area contributed by atoms with E-state index < -0.39 is 41.9 Å².